The summed E-state index contributed by atoms with van der Waals surface area (Å²) < 4.78 is 37.2. The summed E-state index contributed by atoms with van der Waals surface area (Å²) in [7, 11) is 0. The number of alkyl halides is 3. The number of halogens is 3. The summed E-state index contributed by atoms with van der Waals surface area (Å²) in [4.78, 5) is 22.8. The summed E-state index contributed by atoms with van der Waals surface area (Å²) in [6, 6.07) is 5.00. The fourth-order valence-electron chi connectivity index (χ4n) is 1.52. The molecule has 2 rings (SSSR count). The van der Waals surface area contributed by atoms with Crippen LogP contribution in [0.3, 0.4) is 0 Å². The van der Waals surface area contributed by atoms with E-state index in [2.05, 4.69) is 15.5 Å². The molecule has 0 radical (unpaired) electrons. The molecule has 0 unspecified atom stereocenters. The zero-order valence-corrected chi connectivity index (χ0v) is 13.8. The summed E-state index contributed by atoms with van der Waals surface area (Å²) in [6.07, 6.45) is -4.97. The second kappa shape index (κ2) is 7.62. The molecule has 24 heavy (non-hydrogen) atoms. The third kappa shape index (κ3) is 4.93. The smallest absolute Gasteiger partial charge is 0.318 e. The van der Waals surface area contributed by atoms with Crippen LogP contribution in [0.25, 0.3) is 0 Å². The van der Waals surface area contributed by atoms with Crippen molar-refractivity contribution in [2.75, 3.05) is 16.4 Å². The SMILES string of the molecule is CCSc1nnc(NC(=O)c2ccc(NC(=O)C(F)(F)F)cc2)s1. The topological polar surface area (TPSA) is 84.0 Å². The Labute approximate surface area is 142 Å². The Morgan fingerprint density at radius 3 is 2.42 bits per heavy atom. The Balaban J connectivity index is 1.99. The van der Waals surface area contributed by atoms with Crippen LogP contribution in [0.15, 0.2) is 28.6 Å². The zero-order chi connectivity index (χ0) is 17.7. The van der Waals surface area contributed by atoms with Crippen LogP contribution in [0.1, 0.15) is 17.3 Å². The second-order valence-corrected chi connectivity index (χ2v) is 6.78. The fourth-order valence-corrected chi connectivity index (χ4v) is 3.16. The first-order valence-electron chi connectivity index (χ1n) is 6.55. The highest BCUT2D eigenvalue weighted by Gasteiger charge is 2.38. The van der Waals surface area contributed by atoms with Gasteiger partial charge in [-0.25, -0.2) is 0 Å². The summed E-state index contributed by atoms with van der Waals surface area (Å²) in [6.45, 7) is 1.96. The number of carbonyl (C=O) groups is 2. The minimum absolute atomic E-state index is 0.0635. The molecule has 2 N–H and O–H groups in total. The molecule has 0 bridgehead atoms. The van der Waals surface area contributed by atoms with E-state index in [1.54, 1.807) is 5.32 Å². The molecular formula is C13H11F3N4O2S2. The highest BCUT2D eigenvalue weighted by Crippen LogP contribution is 2.25. The first kappa shape index (κ1) is 18.2. The van der Waals surface area contributed by atoms with Gasteiger partial charge in [-0.05, 0) is 30.0 Å². The van der Waals surface area contributed by atoms with E-state index in [0.29, 0.717) is 5.13 Å². The van der Waals surface area contributed by atoms with Crippen LogP contribution < -0.4 is 10.6 Å². The fraction of sp³-hybridized carbons (Fsp3) is 0.231. The van der Waals surface area contributed by atoms with Crippen molar-refractivity contribution in [2.45, 2.75) is 17.4 Å². The molecule has 2 aromatic rings. The van der Waals surface area contributed by atoms with Crippen molar-refractivity contribution in [2.24, 2.45) is 0 Å². The van der Waals surface area contributed by atoms with Gasteiger partial charge in [0, 0.05) is 11.3 Å². The molecule has 1 heterocycles. The van der Waals surface area contributed by atoms with Gasteiger partial charge in [0.2, 0.25) is 5.13 Å². The largest absolute Gasteiger partial charge is 0.471 e. The van der Waals surface area contributed by atoms with Crippen molar-refractivity contribution in [3.63, 3.8) is 0 Å². The molecule has 2 amide bonds. The van der Waals surface area contributed by atoms with E-state index in [-0.39, 0.29) is 11.3 Å². The van der Waals surface area contributed by atoms with E-state index in [1.165, 1.54) is 47.4 Å². The standard InChI is InChI=1S/C13H11F3N4O2S2/c1-2-23-12-20-19-11(24-12)18-9(21)7-3-5-8(6-4-7)17-10(22)13(14,15)16/h3-6H,2H2,1H3,(H,17,22)(H,18,19,21). The molecule has 1 aromatic heterocycles. The first-order chi connectivity index (χ1) is 11.3. The number of nitrogens with one attached hydrogen (secondary N) is 2. The Bertz CT molecular complexity index is 732. The Morgan fingerprint density at radius 1 is 1.17 bits per heavy atom. The van der Waals surface area contributed by atoms with Gasteiger partial charge >= 0.3 is 12.1 Å². The van der Waals surface area contributed by atoms with Gasteiger partial charge in [-0.2, -0.15) is 13.2 Å². The highest BCUT2D eigenvalue weighted by atomic mass is 32.2. The van der Waals surface area contributed by atoms with E-state index in [9.17, 15) is 22.8 Å². The molecule has 128 valence electrons. The van der Waals surface area contributed by atoms with Crippen LogP contribution >= 0.6 is 23.1 Å². The van der Waals surface area contributed by atoms with Gasteiger partial charge in [-0.15, -0.1) is 10.2 Å². The normalized spacial score (nSPS) is 11.2. The highest BCUT2D eigenvalue weighted by molar-refractivity contribution is 8.01. The molecule has 0 aliphatic carbocycles. The minimum Gasteiger partial charge on any atom is -0.318 e. The van der Waals surface area contributed by atoms with Crippen molar-refractivity contribution in [3.8, 4) is 0 Å². The monoisotopic (exact) mass is 376 g/mol. The van der Waals surface area contributed by atoms with Gasteiger partial charge < -0.3 is 5.32 Å². The van der Waals surface area contributed by atoms with Gasteiger partial charge in [0.15, 0.2) is 4.34 Å². The average molecular weight is 376 g/mol. The molecule has 0 aliphatic rings. The number of hydrogen-bond acceptors (Lipinski definition) is 6. The lowest BCUT2D eigenvalue weighted by Gasteiger charge is -2.08. The van der Waals surface area contributed by atoms with Crippen LogP contribution in [0.5, 0.6) is 0 Å². The number of carbonyl (C=O) groups excluding carboxylic acids is 2. The molecule has 0 saturated heterocycles. The predicted molar refractivity (Wildman–Crippen MR) is 85.4 cm³/mol. The molecule has 0 aliphatic heterocycles. The number of amides is 2. The lowest BCUT2D eigenvalue weighted by Crippen LogP contribution is -2.29. The minimum atomic E-state index is -4.97. The molecule has 11 heteroatoms. The number of nitrogens with zero attached hydrogens (tertiary/aromatic N) is 2. The maximum Gasteiger partial charge on any atom is 0.471 e. The third-order valence-corrected chi connectivity index (χ3v) is 4.41. The van der Waals surface area contributed by atoms with E-state index in [4.69, 9.17) is 0 Å². The molecule has 1 aromatic carbocycles. The molecule has 0 saturated carbocycles. The molecule has 0 fully saturated rings. The van der Waals surface area contributed by atoms with Crippen molar-refractivity contribution in [1.29, 1.82) is 0 Å². The van der Waals surface area contributed by atoms with Crippen LogP contribution in [-0.4, -0.2) is 33.9 Å². The van der Waals surface area contributed by atoms with Crippen LogP contribution in [0.2, 0.25) is 0 Å². The molecule has 0 atom stereocenters. The van der Waals surface area contributed by atoms with E-state index < -0.39 is 18.0 Å². The van der Waals surface area contributed by atoms with E-state index in [1.807, 2.05) is 6.92 Å². The predicted octanol–water partition coefficient (Wildman–Crippen LogP) is 3.40. The summed E-state index contributed by atoms with van der Waals surface area (Å²) in [5.41, 5.74) is 0.145. The number of hydrogen-bond donors (Lipinski definition) is 2. The maximum absolute atomic E-state index is 12.2. The van der Waals surface area contributed by atoms with Crippen molar-refractivity contribution < 1.29 is 22.8 Å². The Kier molecular flexibility index (Phi) is 5.78. The van der Waals surface area contributed by atoms with Gasteiger partial charge in [-0.1, -0.05) is 30.0 Å². The Hall–Kier alpha value is -2.14. The van der Waals surface area contributed by atoms with Gasteiger partial charge in [0.05, 0.1) is 0 Å². The van der Waals surface area contributed by atoms with Crippen molar-refractivity contribution in [3.05, 3.63) is 29.8 Å². The first-order valence-corrected chi connectivity index (χ1v) is 8.35. The zero-order valence-electron chi connectivity index (χ0n) is 12.2. The number of benzene rings is 1. The van der Waals surface area contributed by atoms with Gasteiger partial charge in [0.1, 0.15) is 0 Å². The lowest BCUT2D eigenvalue weighted by atomic mass is 10.2. The summed E-state index contributed by atoms with van der Waals surface area (Å²) in [5, 5.41) is 12.3. The van der Waals surface area contributed by atoms with Crippen LogP contribution in [-0.2, 0) is 4.79 Å². The molecular weight excluding hydrogens is 365 g/mol. The molecule has 6 nitrogen and oxygen atoms in total. The van der Waals surface area contributed by atoms with Gasteiger partial charge in [0.25, 0.3) is 5.91 Å². The van der Waals surface area contributed by atoms with Crippen molar-refractivity contribution in [1.82, 2.24) is 10.2 Å². The van der Waals surface area contributed by atoms with Gasteiger partial charge in [-0.3, -0.25) is 14.9 Å². The van der Waals surface area contributed by atoms with Crippen molar-refractivity contribution >= 4 is 45.7 Å². The Morgan fingerprint density at radius 2 is 1.83 bits per heavy atom. The van der Waals surface area contributed by atoms with Crippen LogP contribution in [0, 0.1) is 0 Å². The lowest BCUT2D eigenvalue weighted by molar-refractivity contribution is -0.167. The number of thioether (sulfide) groups is 1. The van der Waals surface area contributed by atoms with E-state index in [0.717, 1.165) is 10.1 Å². The quantitative estimate of drug-likeness (QED) is 0.617. The average Bonchev–Trinajstić information content (AvgIpc) is 2.94. The van der Waals surface area contributed by atoms with Crippen LogP contribution in [0.4, 0.5) is 24.0 Å². The third-order valence-electron chi connectivity index (χ3n) is 2.56. The number of anilines is 2. The molecule has 0 spiro atoms. The number of aromatic nitrogens is 2. The number of rotatable bonds is 5. The second-order valence-electron chi connectivity index (χ2n) is 4.29. The summed E-state index contributed by atoms with van der Waals surface area (Å²) in [5.74, 6) is -1.73. The van der Waals surface area contributed by atoms with E-state index >= 15 is 0 Å². The maximum atomic E-state index is 12.2. The summed E-state index contributed by atoms with van der Waals surface area (Å²) >= 11 is 2.71.